The van der Waals surface area contributed by atoms with Crippen molar-refractivity contribution in [2.45, 2.75) is 6.92 Å². The van der Waals surface area contributed by atoms with E-state index in [-0.39, 0.29) is 10.8 Å². The average Bonchev–Trinajstić information content (AvgIpc) is 3.11. The smallest absolute Gasteiger partial charge is 0.324 e. The highest BCUT2D eigenvalue weighted by molar-refractivity contribution is 7.13. The highest BCUT2D eigenvalue weighted by Gasteiger charge is 2.15. The van der Waals surface area contributed by atoms with E-state index in [1.165, 1.54) is 12.1 Å². The highest BCUT2D eigenvalue weighted by Crippen LogP contribution is 2.26. The van der Waals surface area contributed by atoms with Gasteiger partial charge in [0.15, 0.2) is 5.76 Å². The maximum Gasteiger partial charge on any atom is 0.324 e. The molecule has 0 aliphatic carbocycles. The van der Waals surface area contributed by atoms with E-state index in [2.05, 4.69) is 0 Å². The minimum atomic E-state index is -0.451. The zero-order chi connectivity index (χ0) is 15.7. The van der Waals surface area contributed by atoms with Crippen molar-refractivity contribution in [3.8, 4) is 0 Å². The zero-order valence-corrected chi connectivity index (χ0v) is 12.4. The Morgan fingerprint density at radius 2 is 2.14 bits per heavy atom. The number of allylic oxidation sites excluding steroid dienone is 1. The molecule has 22 heavy (non-hydrogen) atoms. The third-order valence-corrected chi connectivity index (χ3v) is 4.18. The summed E-state index contributed by atoms with van der Waals surface area (Å²) >= 11 is 1.03. The van der Waals surface area contributed by atoms with Gasteiger partial charge in [0.05, 0.1) is 4.92 Å². The van der Waals surface area contributed by atoms with Crippen LogP contribution in [0.4, 0.5) is 5.00 Å². The maximum atomic E-state index is 12.2. The highest BCUT2D eigenvalue weighted by atomic mass is 32.1. The molecule has 5 nitrogen and oxygen atoms in total. The van der Waals surface area contributed by atoms with E-state index in [1.807, 2.05) is 31.2 Å². The Hall–Kier alpha value is -2.73. The van der Waals surface area contributed by atoms with Crippen LogP contribution in [-0.2, 0) is 0 Å². The summed E-state index contributed by atoms with van der Waals surface area (Å²) in [6.07, 6.45) is 2.93. The molecular weight excluding hydrogens is 302 g/mol. The summed E-state index contributed by atoms with van der Waals surface area (Å²) in [7, 11) is 0. The zero-order valence-electron chi connectivity index (χ0n) is 11.6. The molecule has 0 saturated carbocycles. The number of carbonyl (C=O) groups is 1. The van der Waals surface area contributed by atoms with E-state index in [1.54, 1.807) is 11.5 Å². The van der Waals surface area contributed by atoms with Crippen molar-refractivity contribution < 1.29 is 14.1 Å². The summed E-state index contributed by atoms with van der Waals surface area (Å²) < 4.78 is 5.59. The van der Waals surface area contributed by atoms with Crippen LogP contribution in [0.5, 0.6) is 0 Å². The predicted octanol–water partition coefficient (Wildman–Crippen LogP) is 4.61. The molecule has 0 radical (unpaired) electrons. The van der Waals surface area contributed by atoms with E-state index in [4.69, 9.17) is 4.42 Å². The number of thiophene rings is 1. The van der Waals surface area contributed by atoms with Gasteiger partial charge in [-0.1, -0.05) is 29.5 Å². The van der Waals surface area contributed by atoms with Gasteiger partial charge in [0.25, 0.3) is 0 Å². The van der Waals surface area contributed by atoms with Gasteiger partial charge in [0.2, 0.25) is 5.78 Å². The topological polar surface area (TPSA) is 73.3 Å². The quantitative estimate of drug-likeness (QED) is 0.305. The first kappa shape index (κ1) is 14.2. The Bertz CT molecular complexity index is 904. The fourth-order valence-corrected chi connectivity index (χ4v) is 2.87. The number of fused-ring (bicyclic) bond motifs is 1. The molecule has 0 aliphatic rings. The van der Waals surface area contributed by atoms with Crippen LogP contribution in [0.2, 0.25) is 0 Å². The van der Waals surface area contributed by atoms with Crippen molar-refractivity contribution in [2.24, 2.45) is 0 Å². The molecule has 0 atom stereocenters. The van der Waals surface area contributed by atoms with Gasteiger partial charge in [-0.15, -0.1) is 0 Å². The Morgan fingerprint density at radius 1 is 1.36 bits per heavy atom. The first-order valence-corrected chi connectivity index (χ1v) is 7.37. The second-order valence-corrected chi connectivity index (χ2v) is 5.61. The third kappa shape index (κ3) is 2.56. The summed E-state index contributed by atoms with van der Waals surface area (Å²) in [6.45, 7) is 1.84. The summed E-state index contributed by atoms with van der Waals surface area (Å²) in [5, 5.41) is 13.2. The number of hydrogen-bond acceptors (Lipinski definition) is 5. The molecule has 3 rings (SSSR count). The van der Waals surface area contributed by atoms with Crippen molar-refractivity contribution in [1.82, 2.24) is 0 Å². The monoisotopic (exact) mass is 313 g/mol. The van der Waals surface area contributed by atoms with Crippen molar-refractivity contribution >= 4 is 39.2 Å². The van der Waals surface area contributed by atoms with Gasteiger partial charge >= 0.3 is 5.00 Å². The van der Waals surface area contributed by atoms with Gasteiger partial charge < -0.3 is 4.42 Å². The Labute approximate surface area is 129 Å². The number of hydrogen-bond donors (Lipinski definition) is 0. The van der Waals surface area contributed by atoms with Crippen LogP contribution in [0.25, 0.3) is 17.0 Å². The predicted molar refractivity (Wildman–Crippen MR) is 85.3 cm³/mol. The molecule has 0 N–H and O–H groups in total. The normalized spacial score (nSPS) is 11.3. The lowest BCUT2D eigenvalue weighted by Crippen LogP contribution is -1.93. The fraction of sp³-hybridized carbons (Fsp3) is 0.0625. The number of aryl methyl sites for hydroxylation is 1. The molecular formula is C16H11NO4S. The number of rotatable bonds is 4. The lowest BCUT2D eigenvalue weighted by molar-refractivity contribution is -0.380. The van der Waals surface area contributed by atoms with E-state index in [0.717, 1.165) is 22.3 Å². The number of benzene rings is 1. The van der Waals surface area contributed by atoms with Crippen molar-refractivity contribution in [3.63, 3.8) is 0 Å². The second-order valence-electron chi connectivity index (χ2n) is 4.73. The summed E-state index contributed by atoms with van der Waals surface area (Å²) in [4.78, 5) is 22.4. The first-order chi connectivity index (χ1) is 10.6. The Kier molecular flexibility index (Phi) is 3.60. The standard InChI is InChI=1S/C16H11NO4S/c1-10-12-4-2-3-5-14(12)21-16(10)13(18)7-6-11-8-15(17(19)20)22-9-11/h2-9H,1H3. The van der Waals surface area contributed by atoms with Crippen LogP contribution in [-0.4, -0.2) is 10.7 Å². The van der Waals surface area contributed by atoms with Gasteiger partial charge in [-0.05, 0) is 30.7 Å². The molecule has 0 unspecified atom stereocenters. The molecule has 2 aromatic heterocycles. The maximum absolute atomic E-state index is 12.2. The molecule has 0 fully saturated rings. The molecule has 3 aromatic rings. The lowest BCUT2D eigenvalue weighted by atomic mass is 10.1. The van der Waals surface area contributed by atoms with Gasteiger partial charge in [-0.2, -0.15) is 0 Å². The van der Waals surface area contributed by atoms with E-state index < -0.39 is 4.92 Å². The first-order valence-electron chi connectivity index (χ1n) is 6.50. The SMILES string of the molecule is Cc1c(C(=O)C=Cc2csc([N+](=O)[O-])c2)oc2ccccc12. The summed E-state index contributed by atoms with van der Waals surface area (Å²) in [6, 6.07) is 8.88. The van der Waals surface area contributed by atoms with Gasteiger partial charge in [0, 0.05) is 22.4 Å². The molecule has 0 amide bonds. The average molecular weight is 313 g/mol. The van der Waals surface area contributed by atoms with Gasteiger partial charge in [0.1, 0.15) is 5.58 Å². The van der Waals surface area contributed by atoms with Crippen LogP contribution in [0.1, 0.15) is 21.7 Å². The molecule has 1 aromatic carbocycles. The Morgan fingerprint density at radius 3 is 2.82 bits per heavy atom. The van der Waals surface area contributed by atoms with Gasteiger partial charge in [-0.3, -0.25) is 14.9 Å². The van der Waals surface area contributed by atoms with Crippen molar-refractivity contribution in [3.05, 3.63) is 68.8 Å². The van der Waals surface area contributed by atoms with E-state index in [9.17, 15) is 14.9 Å². The lowest BCUT2D eigenvalue weighted by Gasteiger charge is -1.91. The number of para-hydroxylation sites is 1. The molecule has 2 heterocycles. The number of nitrogens with zero attached hydrogens (tertiary/aromatic N) is 1. The second kappa shape index (κ2) is 5.57. The van der Waals surface area contributed by atoms with Crippen LogP contribution in [0, 0.1) is 17.0 Å². The van der Waals surface area contributed by atoms with Crippen LogP contribution < -0.4 is 0 Å². The number of furan rings is 1. The Balaban J connectivity index is 1.87. The van der Waals surface area contributed by atoms with E-state index >= 15 is 0 Å². The van der Waals surface area contributed by atoms with Crippen LogP contribution >= 0.6 is 11.3 Å². The molecule has 0 bridgehead atoms. The molecule has 0 saturated heterocycles. The van der Waals surface area contributed by atoms with Crippen LogP contribution in [0.3, 0.4) is 0 Å². The van der Waals surface area contributed by atoms with Crippen LogP contribution in [0.15, 0.2) is 46.2 Å². The van der Waals surface area contributed by atoms with Gasteiger partial charge in [-0.25, -0.2) is 0 Å². The number of ketones is 1. The number of nitro groups is 1. The fourth-order valence-electron chi connectivity index (χ4n) is 2.18. The molecule has 110 valence electrons. The number of carbonyl (C=O) groups excluding carboxylic acids is 1. The van der Waals surface area contributed by atoms with Crippen molar-refractivity contribution in [1.29, 1.82) is 0 Å². The third-order valence-electron chi connectivity index (χ3n) is 3.28. The summed E-state index contributed by atoms with van der Waals surface area (Å²) in [5.41, 5.74) is 2.09. The largest absolute Gasteiger partial charge is 0.452 e. The minimum absolute atomic E-state index is 0.0482. The molecule has 0 spiro atoms. The summed E-state index contributed by atoms with van der Waals surface area (Å²) in [5.74, 6) is 0.0322. The molecule has 0 aliphatic heterocycles. The minimum Gasteiger partial charge on any atom is -0.452 e. The molecule has 6 heteroatoms. The van der Waals surface area contributed by atoms with Crippen molar-refractivity contribution in [2.75, 3.05) is 0 Å². The van der Waals surface area contributed by atoms with E-state index in [0.29, 0.717) is 16.9 Å².